The van der Waals surface area contributed by atoms with Crippen molar-refractivity contribution in [3.05, 3.63) is 72.1 Å². The van der Waals surface area contributed by atoms with E-state index in [9.17, 15) is 0 Å². The van der Waals surface area contributed by atoms with Crippen molar-refractivity contribution in [1.29, 1.82) is 0 Å². The van der Waals surface area contributed by atoms with E-state index in [4.69, 9.17) is 4.98 Å². The number of nitrogens with zero attached hydrogens (tertiary/aromatic N) is 3. The van der Waals surface area contributed by atoms with Crippen molar-refractivity contribution in [1.82, 2.24) is 14.5 Å². The molecule has 0 bridgehead atoms. The predicted octanol–water partition coefficient (Wildman–Crippen LogP) is 7.19. The standard InChI is InChI=1S/C27H27N3/c1-16(2)18-11-8-12-19(17(3)4)24(18)27-29-25-21-10-7-6-9-20(21)23-15-28-14-13-22(23)26(25)30(27)5/h6-17H,1-5H3. The van der Waals surface area contributed by atoms with Gasteiger partial charge < -0.3 is 4.57 Å². The molecule has 5 rings (SSSR count). The van der Waals surface area contributed by atoms with Crippen LogP contribution in [-0.2, 0) is 7.05 Å². The largest absolute Gasteiger partial charge is 0.327 e. The Labute approximate surface area is 177 Å². The van der Waals surface area contributed by atoms with Crippen LogP contribution in [0.4, 0.5) is 0 Å². The first-order valence-electron chi connectivity index (χ1n) is 10.7. The molecule has 0 aliphatic rings. The minimum absolute atomic E-state index is 0.427. The summed E-state index contributed by atoms with van der Waals surface area (Å²) in [6, 6.07) is 17.4. The fourth-order valence-corrected chi connectivity index (χ4v) is 4.77. The summed E-state index contributed by atoms with van der Waals surface area (Å²) in [6.45, 7) is 9.06. The van der Waals surface area contributed by atoms with E-state index in [1.807, 2.05) is 12.4 Å². The van der Waals surface area contributed by atoms with Gasteiger partial charge in [-0.05, 0) is 34.4 Å². The number of hydrogen-bond acceptors (Lipinski definition) is 2. The number of benzene rings is 3. The minimum atomic E-state index is 0.427. The normalized spacial score (nSPS) is 12.1. The second-order valence-electron chi connectivity index (χ2n) is 8.78. The fourth-order valence-electron chi connectivity index (χ4n) is 4.77. The van der Waals surface area contributed by atoms with Crippen LogP contribution in [0.25, 0.3) is 44.0 Å². The van der Waals surface area contributed by atoms with E-state index in [0.717, 1.165) is 11.3 Å². The number of hydrogen-bond donors (Lipinski definition) is 0. The predicted molar refractivity (Wildman–Crippen MR) is 127 cm³/mol. The Bertz CT molecular complexity index is 1380. The molecule has 0 saturated heterocycles. The highest BCUT2D eigenvalue weighted by Gasteiger charge is 2.22. The molecule has 0 amide bonds. The van der Waals surface area contributed by atoms with Crippen molar-refractivity contribution in [3.63, 3.8) is 0 Å². The van der Waals surface area contributed by atoms with Gasteiger partial charge in [0.2, 0.25) is 0 Å². The lowest BCUT2D eigenvalue weighted by atomic mass is 9.88. The fraction of sp³-hybridized carbons (Fsp3) is 0.259. The number of imidazole rings is 1. The Morgan fingerprint density at radius 2 is 1.40 bits per heavy atom. The molecule has 5 aromatic rings. The maximum Gasteiger partial charge on any atom is 0.141 e. The Kier molecular flexibility index (Phi) is 4.35. The highest BCUT2D eigenvalue weighted by molar-refractivity contribution is 6.23. The molecule has 3 aromatic carbocycles. The summed E-state index contributed by atoms with van der Waals surface area (Å²) in [5, 5.41) is 4.77. The second kappa shape index (κ2) is 6.94. The molecule has 0 atom stereocenters. The van der Waals surface area contributed by atoms with Crippen molar-refractivity contribution in [2.45, 2.75) is 39.5 Å². The molecule has 0 saturated carbocycles. The van der Waals surface area contributed by atoms with Crippen molar-refractivity contribution in [3.8, 4) is 11.4 Å². The molecule has 0 N–H and O–H groups in total. The van der Waals surface area contributed by atoms with Crippen molar-refractivity contribution in [2.75, 3.05) is 0 Å². The highest BCUT2D eigenvalue weighted by Crippen LogP contribution is 2.40. The highest BCUT2D eigenvalue weighted by atomic mass is 15.1. The molecule has 0 radical (unpaired) electrons. The molecular formula is C27H27N3. The zero-order valence-corrected chi connectivity index (χ0v) is 18.3. The summed E-state index contributed by atoms with van der Waals surface area (Å²) in [4.78, 5) is 9.70. The minimum Gasteiger partial charge on any atom is -0.327 e. The first-order valence-corrected chi connectivity index (χ1v) is 10.7. The van der Waals surface area contributed by atoms with Gasteiger partial charge in [0.15, 0.2) is 0 Å². The molecule has 0 spiro atoms. The SMILES string of the molecule is CC(C)c1cccc(C(C)C)c1-c1nc2c3ccccc3c3cnccc3c2n1C. The molecule has 0 fully saturated rings. The Hall–Kier alpha value is -3.20. The van der Waals surface area contributed by atoms with Gasteiger partial charge in [-0.25, -0.2) is 4.98 Å². The van der Waals surface area contributed by atoms with Crippen LogP contribution in [0.2, 0.25) is 0 Å². The number of fused-ring (bicyclic) bond motifs is 6. The lowest BCUT2D eigenvalue weighted by molar-refractivity contribution is 0.828. The Morgan fingerprint density at radius 3 is 2.07 bits per heavy atom. The number of aryl methyl sites for hydroxylation is 1. The average molecular weight is 394 g/mol. The molecule has 150 valence electrons. The third-order valence-corrected chi connectivity index (χ3v) is 6.24. The third-order valence-electron chi connectivity index (χ3n) is 6.24. The van der Waals surface area contributed by atoms with Crippen LogP contribution < -0.4 is 0 Å². The van der Waals surface area contributed by atoms with Crippen molar-refractivity contribution in [2.24, 2.45) is 7.05 Å². The van der Waals surface area contributed by atoms with Crippen molar-refractivity contribution < 1.29 is 0 Å². The zero-order chi connectivity index (χ0) is 21.0. The van der Waals surface area contributed by atoms with E-state index in [-0.39, 0.29) is 0 Å². The summed E-state index contributed by atoms with van der Waals surface area (Å²) in [5.41, 5.74) is 6.24. The molecule has 2 aromatic heterocycles. The molecule has 0 aliphatic carbocycles. The lowest BCUT2D eigenvalue weighted by Crippen LogP contribution is -2.04. The third kappa shape index (κ3) is 2.65. The summed E-state index contributed by atoms with van der Waals surface area (Å²) in [7, 11) is 2.15. The summed E-state index contributed by atoms with van der Waals surface area (Å²) >= 11 is 0. The van der Waals surface area contributed by atoms with Gasteiger partial charge in [-0.3, -0.25) is 4.98 Å². The monoisotopic (exact) mass is 393 g/mol. The van der Waals surface area contributed by atoms with Crippen LogP contribution in [0.15, 0.2) is 60.9 Å². The van der Waals surface area contributed by atoms with Crippen LogP contribution in [0.5, 0.6) is 0 Å². The van der Waals surface area contributed by atoms with Crippen LogP contribution in [0, 0.1) is 0 Å². The maximum atomic E-state index is 5.29. The lowest BCUT2D eigenvalue weighted by Gasteiger charge is -2.19. The molecule has 0 unspecified atom stereocenters. The summed E-state index contributed by atoms with van der Waals surface area (Å²) < 4.78 is 2.29. The summed E-state index contributed by atoms with van der Waals surface area (Å²) in [5.74, 6) is 1.90. The molecular weight excluding hydrogens is 366 g/mol. The van der Waals surface area contributed by atoms with Gasteiger partial charge in [-0.1, -0.05) is 70.2 Å². The van der Waals surface area contributed by atoms with E-state index in [0.29, 0.717) is 11.8 Å². The Morgan fingerprint density at radius 1 is 0.733 bits per heavy atom. The first-order chi connectivity index (χ1) is 14.5. The molecule has 0 aliphatic heterocycles. The summed E-state index contributed by atoms with van der Waals surface area (Å²) in [6.07, 6.45) is 3.86. The smallest absolute Gasteiger partial charge is 0.141 e. The van der Waals surface area contributed by atoms with Gasteiger partial charge in [0.25, 0.3) is 0 Å². The first kappa shape index (κ1) is 18.8. The van der Waals surface area contributed by atoms with Crippen LogP contribution in [-0.4, -0.2) is 14.5 Å². The number of aromatic nitrogens is 3. The number of pyridine rings is 1. The van der Waals surface area contributed by atoms with Gasteiger partial charge in [0.05, 0.1) is 11.0 Å². The van der Waals surface area contributed by atoms with Crippen LogP contribution >= 0.6 is 0 Å². The van der Waals surface area contributed by atoms with Gasteiger partial charge in [0, 0.05) is 41.2 Å². The zero-order valence-electron chi connectivity index (χ0n) is 18.3. The Balaban J connectivity index is 1.99. The molecule has 30 heavy (non-hydrogen) atoms. The van der Waals surface area contributed by atoms with Gasteiger partial charge in [0.1, 0.15) is 5.82 Å². The van der Waals surface area contributed by atoms with Gasteiger partial charge in [-0.2, -0.15) is 0 Å². The van der Waals surface area contributed by atoms with E-state index in [1.54, 1.807) is 0 Å². The van der Waals surface area contributed by atoms with Gasteiger partial charge in [-0.15, -0.1) is 0 Å². The maximum absolute atomic E-state index is 5.29. The molecule has 3 nitrogen and oxygen atoms in total. The van der Waals surface area contributed by atoms with Gasteiger partial charge >= 0.3 is 0 Å². The van der Waals surface area contributed by atoms with E-state index < -0.39 is 0 Å². The number of rotatable bonds is 3. The van der Waals surface area contributed by atoms with Crippen molar-refractivity contribution >= 4 is 32.6 Å². The van der Waals surface area contributed by atoms with E-state index in [1.165, 1.54) is 43.8 Å². The average Bonchev–Trinajstić information content (AvgIpc) is 3.10. The molecule has 2 heterocycles. The van der Waals surface area contributed by atoms with Crippen LogP contribution in [0.1, 0.15) is 50.7 Å². The van der Waals surface area contributed by atoms with E-state index >= 15 is 0 Å². The quantitative estimate of drug-likeness (QED) is 0.304. The van der Waals surface area contributed by atoms with E-state index in [2.05, 4.69) is 92.8 Å². The topological polar surface area (TPSA) is 30.7 Å². The van der Waals surface area contributed by atoms with Crippen LogP contribution in [0.3, 0.4) is 0 Å². The second-order valence-corrected chi connectivity index (χ2v) is 8.78. The molecule has 3 heteroatoms.